The monoisotopic (exact) mass is 407 g/mol. The van der Waals surface area contributed by atoms with Crippen LogP contribution in [-0.2, 0) is 0 Å². The van der Waals surface area contributed by atoms with Crippen molar-refractivity contribution in [3.05, 3.63) is 78.4 Å². The zero-order valence-electron chi connectivity index (χ0n) is 15.9. The molecule has 0 aliphatic carbocycles. The quantitative estimate of drug-likeness (QED) is 0.174. The van der Waals surface area contributed by atoms with Gasteiger partial charge < -0.3 is 15.9 Å². The lowest BCUT2D eigenvalue weighted by atomic mass is 9.94. The van der Waals surface area contributed by atoms with Crippen LogP contribution in [0.2, 0.25) is 0 Å². The molecule has 0 bridgehead atoms. The van der Waals surface area contributed by atoms with Crippen molar-refractivity contribution in [3.63, 3.8) is 0 Å². The minimum Gasteiger partial charge on any atom is -0.456 e. The zero-order valence-corrected chi connectivity index (χ0v) is 16.7. The predicted octanol–water partition coefficient (Wildman–Crippen LogP) is 6.49. The van der Waals surface area contributed by atoms with E-state index in [1.807, 2.05) is 42.5 Å². The maximum absolute atomic E-state index is 8.07. The smallest absolute Gasteiger partial charge is 0.136 e. The van der Waals surface area contributed by atoms with Crippen molar-refractivity contribution < 1.29 is 4.42 Å². The average Bonchev–Trinajstić information content (AvgIpc) is 3.32. The number of hydrogen-bond donors (Lipinski definition) is 3. The Labute approximate surface area is 175 Å². The fourth-order valence-electron chi connectivity index (χ4n) is 4.41. The lowest BCUT2D eigenvalue weighted by Gasteiger charge is -2.08. The number of amidine groups is 1. The van der Waals surface area contributed by atoms with E-state index in [2.05, 4.69) is 30.3 Å². The first-order valence-electron chi connectivity index (χ1n) is 9.62. The van der Waals surface area contributed by atoms with E-state index in [1.54, 1.807) is 11.3 Å². The number of benzene rings is 4. The molecule has 5 N–H and O–H groups in total. The molecule has 4 nitrogen and oxygen atoms in total. The number of thiophene rings is 1. The highest BCUT2D eigenvalue weighted by molar-refractivity contribution is 7.26. The van der Waals surface area contributed by atoms with Crippen LogP contribution in [0, 0.1) is 5.41 Å². The van der Waals surface area contributed by atoms with Crippen molar-refractivity contribution in [1.82, 2.24) is 0 Å². The summed E-state index contributed by atoms with van der Waals surface area (Å²) in [6.07, 6.45) is 0. The SMILES string of the molecule is N=C(N)c1cccc2oc3cccc(-c4cccc5sc6c(N)cccc6c45)c3c12. The van der Waals surface area contributed by atoms with Crippen molar-refractivity contribution in [2.45, 2.75) is 0 Å². The first-order valence-corrected chi connectivity index (χ1v) is 10.4. The lowest BCUT2D eigenvalue weighted by Crippen LogP contribution is -2.11. The molecule has 0 fully saturated rings. The van der Waals surface area contributed by atoms with Crippen LogP contribution in [0.5, 0.6) is 0 Å². The van der Waals surface area contributed by atoms with Crippen LogP contribution in [0.25, 0.3) is 53.2 Å². The van der Waals surface area contributed by atoms with Gasteiger partial charge in [-0.3, -0.25) is 5.41 Å². The maximum Gasteiger partial charge on any atom is 0.136 e. The minimum absolute atomic E-state index is 0.0325. The van der Waals surface area contributed by atoms with Gasteiger partial charge in [-0.2, -0.15) is 0 Å². The number of fused-ring (bicyclic) bond motifs is 6. The first-order chi connectivity index (χ1) is 14.6. The minimum atomic E-state index is 0.0325. The molecule has 0 amide bonds. The Hall–Kier alpha value is -3.83. The Bertz CT molecular complexity index is 1640. The second kappa shape index (κ2) is 6.08. The average molecular weight is 407 g/mol. The van der Waals surface area contributed by atoms with Gasteiger partial charge in [-0.15, -0.1) is 11.3 Å². The third-order valence-electron chi connectivity index (χ3n) is 5.66. The molecule has 0 unspecified atom stereocenters. The molecular formula is C25H17N3OS. The van der Waals surface area contributed by atoms with Gasteiger partial charge in [-0.1, -0.05) is 48.5 Å². The lowest BCUT2D eigenvalue weighted by molar-refractivity contribution is 0.669. The van der Waals surface area contributed by atoms with Crippen LogP contribution in [0.15, 0.2) is 77.2 Å². The molecule has 6 rings (SSSR count). The third kappa shape index (κ3) is 2.24. The molecule has 0 radical (unpaired) electrons. The second-order valence-corrected chi connectivity index (χ2v) is 8.43. The molecule has 2 heterocycles. The number of furan rings is 1. The van der Waals surface area contributed by atoms with Gasteiger partial charge in [0.05, 0.1) is 4.70 Å². The van der Waals surface area contributed by atoms with Crippen molar-refractivity contribution in [2.24, 2.45) is 5.73 Å². The number of nitrogens with two attached hydrogens (primary N) is 2. The largest absolute Gasteiger partial charge is 0.456 e. The fraction of sp³-hybridized carbons (Fsp3) is 0. The van der Waals surface area contributed by atoms with Crippen LogP contribution in [0.3, 0.4) is 0 Å². The highest BCUT2D eigenvalue weighted by Gasteiger charge is 2.19. The summed E-state index contributed by atoms with van der Waals surface area (Å²) >= 11 is 1.71. The van der Waals surface area contributed by atoms with E-state index in [0.29, 0.717) is 5.56 Å². The molecule has 6 aromatic rings. The summed E-state index contributed by atoms with van der Waals surface area (Å²) in [4.78, 5) is 0. The number of nitrogens with one attached hydrogen (secondary N) is 1. The molecule has 144 valence electrons. The maximum atomic E-state index is 8.07. The molecule has 2 aromatic heterocycles. The molecule has 0 atom stereocenters. The van der Waals surface area contributed by atoms with Crippen LogP contribution < -0.4 is 11.5 Å². The molecule has 4 aromatic carbocycles. The Morgan fingerprint density at radius 1 is 0.767 bits per heavy atom. The molecule has 0 spiro atoms. The van der Waals surface area contributed by atoms with Gasteiger partial charge in [0, 0.05) is 37.5 Å². The standard InChI is InChI=1S/C25H17N3OS/c26-17-9-1-7-15-21-13(6-4-12-20(21)30-24(15)17)14-5-2-10-18-22(14)23-16(25(27)28)8-3-11-19(23)29-18/h1-12H,26H2,(H3,27,28). The second-order valence-electron chi connectivity index (χ2n) is 7.38. The van der Waals surface area contributed by atoms with Gasteiger partial charge in [0.1, 0.15) is 17.0 Å². The molecule has 0 aliphatic heterocycles. The summed E-state index contributed by atoms with van der Waals surface area (Å²) in [5.41, 5.74) is 17.4. The summed E-state index contributed by atoms with van der Waals surface area (Å²) in [7, 11) is 0. The van der Waals surface area contributed by atoms with Gasteiger partial charge >= 0.3 is 0 Å². The van der Waals surface area contributed by atoms with Crippen molar-refractivity contribution in [1.29, 1.82) is 5.41 Å². The molecule has 0 saturated carbocycles. The molecule has 30 heavy (non-hydrogen) atoms. The van der Waals surface area contributed by atoms with Gasteiger partial charge in [0.2, 0.25) is 0 Å². The van der Waals surface area contributed by atoms with Crippen molar-refractivity contribution in [2.75, 3.05) is 5.73 Å². The highest BCUT2D eigenvalue weighted by atomic mass is 32.1. The van der Waals surface area contributed by atoms with Crippen molar-refractivity contribution >= 4 is 65.0 Å². The zero-order chi connectivity index (χ0) is 20.4. The number of hydrogen-bond acceptors (Lipinski definition) is 4. The summed E-state index contributed by atoms with van der Waals surface area (Å²) < 4.78 is 8.43. The van der Waals surface area contributed by atoms with Crippen LogP contribution in [0.4, 0.5) is 5.69 Å². The summed E-state index contributed by atoms with van der Waals surface area (Å²) in [6.45, 7) is 0. The van der Waals surface area contributed by atoms with E-state index in [9.17, 15) is 0 Å². The first kappa shape index (κ1) is 17.1. The van der Waals surface area contributed by atoms with E-state index in [-0.39, 0.29) is 5.84 Å². The molecular weight excluding hydrogens is 390 g/mol. The van der Waals surface area contributed by atoms with E-state index in [1.165, 1.54) is 10.1 Å². The van der Waals surface area contributed by atoms with Gasteiger partial charge in [0.25, 0.3) is 0 Å². The van der Waals surface area contributed by atoms with E-state index >= 15 is 0 Å². The molecule has 0 saturated heterocycles. The molecule has 5 heteroatoms. The van der Waals surface area contributed by atoms with E-state index in [4.69, 9.17) is 21.3 Å². The normalized spacial score (nSPS) is 11.7. The Kier molecular flexibility index (Phi) is 3.46. The van der Waals surface area contributed by atoms with E-state index < -0.39 is 0 Å². The number of nitrogen functional groups attached to an aromatic ring is 2. The number of rotatable bonds is 2. The predicted molar refractivity (Wildman–Crippen MR) is 127 cm³/mol. The molecule has 0 aliphatic rings. The van der Waals surface area contributed by atoms with Gasteiger partial charge in [-0.05, 0) is 35.4 Å². The van der Waals surface area contributed by atoms with Crippen molar-refractivity contribution in [3.8, 4) is 11.1 Å². The van der Waals surface area contributed by atoms with Crippen LogP contribution in [-0.4, -0.2) is 5.84 Å². The Morgan fingerprint density at radius 2 is 1.43 bits per heavy atom. The Morgan fingerprint density at radius 3 is 2.23 bits per heavy atom. The van der Waals surface area contributed by atoms with Gasteiger partial charge in [-0.25, -0.2) is 0 Å². The summed E-state index contributed by atoms with van der Waals surface area (Å²) in [5.74, 6) is 0.0325. The van der Waals surface area contributed by atoms with Crippen LogP contribution in [0.1, 0.15) is 5.56 Å². The highest BCUT2D eigenvalue weighted by Crippen LogP contribution is 2.45. The Balaban J connectivity index is 1.82. The van der Waals surface area contributed by atoms with Gasteiger partial charge in [0.15, 0.2) is 0 Å². The summed E-state index contributed by atoms with van der Waals surface area (Å²) in [5, 5.41) is 12.3. The number of anilines is 1. The van der Waals surface area contributed by atoms with Crippen LogP contribution >= 0.6 is 11.3 Å². The topological polar surface area (TPSA) is 89.0 Å². The summed E-state index contributed by atoms with van der Waals surface area (Å²) in [6, 6.07) is 24.2. The van der Waals surface area contributed by atoms with E-state index in [0.717, 1.165) is 48.8 Å². The fourth-order valence-corrected chi connectivity index (χ4v) is 5.56. The third-order valence-corrected chi connectivity index (χ3v) is 6.88.